The van der Waals surface area contributed by atoms with Gasteiger partial charge in [0, 0.05) is 0 Å². The van der Waals surface area contributed by atoms with Crippen molar-refractivity contribution in [2.75, 3.05) is 0 Å². The van der Waals surface area contributed by atoms with Crippen molar-refractivity contribution in [3.8, 4) is 0 Å². The predicted octanol–water partition coefficient (Wildman–Crippen LogP) is -4.32. The zero-order valence-corrected chi connectivity index (χ0v) is 17.2. The summed E-state index contributed by atoms with van der Waals surface area (Å²) in [6.45, 7) is 0. The molecule has 0 aliphatic heterocycles. The topological polar surface area (TPSA) is 281 Å². The van der Waals surface area contributed by atoms with Gasteiger partial charge in [0.05, 0.1) is 0 Å². The van der Waals surface area contributed by atoms with Gasteiger partial charge in [-0.1, -0.05) is 0 Å². The van der Waals surface area contributed by atoms with Gasteiger partial charge in [-0.15, -0.1) is 0 Å². The summed E-state index contributed by atoms with van der Waals surface area (Å²) in [6.07, 6.45) is -12.6. The average Bonchev–Trinajstić information content (AvgIpc) is 2.36. The maximum absolute atomic E-state index is 11.6. The molecular formula is C6H17CaO16P3. The van der Waals surface area contributed by atoms with Crippen molar-refractivity contribution < 1.29 is 79.9 Å². The molecule has 1 saturated carbocycles. The summed E-state index contributed by atoms with van der Waals surface area (Å²) in [5.74, 6) is -3.72. The Labute approximate surface area is 177 Å². The van der Waals surface area contributed by atoms with Crippen LogP contribution in [0.4, 0.5) is 0 Å². The second-order valence-corrected chi connectivity index (χ2v) is 9.14. The van der Waals surface area contributed by atoms with E-state index < -0.39 is 59.8 Å². The Morgan fingerprint density at radius 1 is 0.731 bits per heavy atom. The normalized spacial score (nSPS) is 40.2. The van der Waals surface area contributed by atoms with E-state index in [0.717, 1.165) is 0 Å². The van der Waals surface area contributed by atoms with Crippen LogP contribution in [0.5, 0.6) is 0 Å². The predicted molar refractivity (Wildman–Crippen MR) is 77.9 cm³/mol. The van der Waals surface area contributed by atoms with Crippen LogP contribution in [0.1, 0.15) is 2.85 Å². The van der Waals surface area contributed by atoms with Crippen molar-refractivity contribution in [1.29, 1.82) is 0 Å². The number of aliphatic hydroxyl groups excluding tert-OH is 5. The zero-order chi connectivity index (χ0) is 20.0. The van der Waals surface area contributed by atoms with Gasteiger partial charge in [0.1, 0.15) is 30.5 Å². The average molecular weight is 478 g/mol. The molecule has 0 aromatic carbocycles. The summed E-state index contributed by atoms with van der Waals surface area (Å²) < 4.78 is 43.8. The SMILES string of the molecule is O=P(O)(O)OP(=O)(O)OP(=O)(O)OC1(O)[C@H](O)[C@H](O)C(O)[C@H](O)[C@H]1O.[Ca+2].[H-].[H-]. The van der Waals surface area contributed by atoms with Crippen molar-refractivity contribution in [2.45, 2.75) is 36.3 Å². The first-order valence-electron chi connectivity index (χ1n) is 5.89. The molecule has 0 saturated heterocycles. The molecule has 0 heterocycles. The molecule has 0 spiro atoms. The van der Waals surface area contributed by atoms with E-state index in [-0.39, 0.29) is 40.6 Å². The summed E-state index contributed by atoms with van der Waals surface area (Å²) in [4.78, 5) is 34.9. The van der Waals surface area contributed by atoms with Gasteiger partial charge in [0.25, 0.3) is 0 Å². The molecule has 0 bridgehead atoms. The van der Waals surface area contributed by atoms with Crippen LogP contribution in [0.3, 0.4) is 0 Å². The molecule has 0 aromatic heterocycles. The van der Waals surface area contributed by atoms with Crippen LogP contribution in [-0.2, 0) is 26.8 Å². The van der Waals surface area contributed by atoms with E-state index in [1.807, 2.05) is 0 Å². The Morgan fingerprint density at radius 2 is 1.12 bits per heavy atom. The van der Waals surface area contributed by atoms with E-state index in [9.17, 15) is 49.2 Å². The molecule has 8 atom stereocenters. The Balaban J connectivity index is -0.00000208. The minimum absolute atomic E-state index is 0. The van der Waals surface area contributed by atoms with Gasteiger partial charge < -0.3 is 53.1 Å². The molecule has 154 valence electrons. The quantitative estimate of drug-likeness (QED) is 0.0981. The molecule has 16 nitrogen and oxygen atoms in total. The summed E-state index contributed by atoms with van der Waals surface area (Å²) in [6, 6.07) is 0. The molecule has 4 unspecified atom stereocenters. The zero-order valence-electron chi connectivity index (χ0n) is 14.4. The van der Waals surface area contributed by atoms with Crippen LogP contribution in [0.25, 0.3) is 0 Å². The van der Waals surface area contributed by atoms with Crippen LogP contribution < -0.4 is 0 Å². The van der Waals surface area contributed by atoms with Crippen LogP contribution in [0, 0.1) is 0 Å². The molecule has 1 aliphatic carbocycles. The number of phosphoric ester groups is 1. The van der Waals surface area contributed by atoms with Gasteiger partial charge in [0.2, 0.25) is 5.79 Å². The first kappa shape index (κ1) is 27.4. The Hall–Kier alpha value is 1.43. The molecule has 20 heteroatoms. The fourth-order valence-electron chi connectivity index (χ4n) is 1.83. The van der Waals surface area contributed by atoms with Gasteiger partial charge in [-0.2, -0.15) is 8.62 Å². The van der Waals surface area contributed by atoms with Crippen molar-refractivity contribution in [1.82, 2.24) is 0 Å². The van der Waals surface area contributed by atoms with Gasteiger partial charge >= 0.3 is 61.2 Å². The van der Waals surface area contributed by atoms with Gasteiger partial charge in [0.15, 0.2) is 0 Å². The van der Waals surface area contributed by atoms with E-state index in [1.165, 1.54) is 0 Å². The second-order valence-electron chi connectivity index (χ2n) is 4.80. The fraction of sp³-hybridized carbons (Fsp3) is 1.00. The largest absolute Gasteiger partial charge is 2.00 e. The summed E-state index contributed by atoms with van der Waals surface area (Å²) in [5, 5.41) is 57.1. The maximum atomic E-state index is 11.6. The number of phosphoric acid groups is 3. The first-order chi connectivity index (χ1) is 10.9. The third kappa shape index (κ3) is 6.75. The van der Waals surface area contributed by atoms with Gasteiger partial charge in [-0.05, 0) is 0 Å². The number of hydrogen-bond donors (Lipinski definition) is 10. The van der Waals surface area contributed by atoms with Crippen molar-refractivity contribution >= 4 is 61.2 Å². The molecule has 0 amide bonds. The Morgan fingerprint density at radius 3 is 1.46 bits per heavy atom. The fourth-order valence-corrected chi connectivity index (χ4v) is 5.05. The van der Waals surface area contributed by atoms with E-state index >= 15 is 0 Å². The second kappa shape index (κ2) is 9.06. The molecule has 26 heavy (non-hydrogen) atoms. The van der Waals surface area contributed by atoms with Crippen molar-refractivity contribution in [2.24, 2.45) is 0 Å². The van der Waals surface area contributed by atoms with Gasteiger partial charge in [-0.25, -0.2) is 18.2 Å². The molecule has 1 fully saturated rings. The van der Waals surface area contributed by atoms with E-state index in [4.69, 9.17) is 14.7 Å². The van der Waals surface area contributed by atoms with E-state index in [2.05, 4.69) is 13.1 Å². The third-order valence-electron chi connectivity index (χ3n) is 2.87. The van der Waals surface area contributed by atoms with E-state index in [0.29, 0.717) is 0 Å². The number of hydrogen-bond acceptors (Lipinski definition) is 12. The molecule has 1 rings (SSSR count). The van der Waals surface area contributed by atoms with E-state index in [1.54, 1.807) is 0 Å². The van der Waals surface area contributed by atoms with Crippen LogP contribution in [-0.4, -0.2) is 124 Å². The van der Waals surface area contributed by atoms with Gasteiger partial charge in [-0.3, -0.25) is 0 Å². The third-order valence-corrected chi connectivity index (χ3v) is 6.72. The molecule has 0 aromatic rings. The molecule has 1 aliphatic rings. The monoisotopic (exact) mass is 478 g/mol. The summed E-state index contributed by atoms with van der Waals surface area (Å²) in [5.41, 5.74) is 0. The molecular weight excluding hydrogens is 461 g/mol. The smallest absolute Gasteiger partial charge is 1.00 e. The minimum Gasteiger partial charge on any atom is -1.00 e. The standard InChI is InChI=1S/C6H15O16P3.Ca.2H/c7-1-2(8)4(10)6(12,5(11)3(1)9)20-24(16,17)22-25(18,19)21-23(13,14)15;;;/h1-5,7-12H,(H,16,17)(H,18,19)(H2,13,14,15);;;/q;+2;2*-1/t1?,2-,3+,4-,5-,6?;;;/m1.../s1. The molecule has 10 N–H and O–H groups in total. The number of aliphatic hydroxyl groups is 6. The van der Waals surface area contributed by atoms with Crippen LogP contribution in [0.2, 0.25) is 0 Å². The van der Waals surface area contributed by atoms with Crippen molar-refractivity contribution in [3.05, 3.63) is 0 Å². The summed E-state index contributed by atoms with van der Waals surface area (Å²) in [7, 11) is -17.7. The number of rotatable bonds is 6. The Bertz CT molecular complexity index is 628. The first-order valence-corrected chi connectivity index (χ1v) is 10.4. The van der Waals surface area contributed by atoms with Crippen LogP contribution >= 0.6 is 23.5 Å². The van der Waals surface area contributed by atoms with Crippen molar-refractivity contribution in [3.63, 3.8) is 0 Å². The van der Waals surface area contributed by atoms with Crippen LogP contribution in [0.15, 0.2) is 0 Å². The minimum atomic E-state index is -6.04. The maximum Gasteiger partial charge on any atom is 2.00 e. The summed E-state index contributed by atoms with van der Waals surface area (Å²) >= 11 is 0. The Kier molecular flexibility index (Phi) is 9.56. The molecule has 0 radical (unpaired) electrons.